The molecule has 2 aromatic heterocycles. The number of anilines is 3. The fraction of sp³-hybridized carbons (Fsp3) is 0. The Bertz CT molecular complexity index is 3230. The minimum Gasteiger partial charge on any atom is -0.456 e. The van der Waals surface area contributed by atoms with E-state index in [9.17, 15) is 0 Å². The molecule has 0 fully saturated rings. The lowest BCUT2D eigenvalue weighted by atomic mass is 9.87. The maximum atomic E-state index is 6.50. The molecule has 57 heavy (non-hydrogen) atoms. The van der Waals surface area contributed by atoms with Gasteiger partial charge in [-0.2, -0.15) is 0 Å². The standard InChI is InChI=1S/C54H35NO2/c1-3-15-37(16-4-1)41-19-7-8-21-45(41)53-42(38-17-5-2-6-18-38)23-13-24-47(53)55(48-25-14-28-51-54(48)46-22-10-12-27-50(46)56-51)40-32-29-36(30-33-40)39-31-34-44-43-20-9-11-26-49(43)57-52(44)35-39/h1-35H. The molecule has 0 bridgehead atoms. The Morgan fingerprint density at radius 2 is 0.825 bits per heavy atom. The van der Waals surface area contributed by atoms with Gasteiger partial charge in [0.2, 0.25) is 0 Å². The van der Waals surface area contributed by atoms with Crippen LogP contribution in [0, 0.1) is 0 Å². The van der Waals surface area contributed by atoms with Crippen molar-refractivity contribution in [3.63, 3.8) is 0 Å². The molecule has 9 aromatic carbocycles. The van der Waals surface area contributed by atoms with Crippen LogP contribution >= 0.6 is 0 Å². The minimum atomic E-state index is 0.847. The zero-order valence-electron chi connectivity index (χ0n) is 31.0. The third-order valence-electron chi connectivity index (χ3n) is 11.1. The van der Waals surface area contributed by atoms with Gasteiger partial charge in [-0.3, -0.25) is 0 Å². The first-order chi connectivity index (χ1) is 28.3. The lowest BCUT2D eigenvalue weighted by Gasteiger charge is -2.30. The second-order valence-corrected chi connectivity index (χ2v) is 14.4. The Kier molecular flexibility index (Phi) is 7.82. The van der Waals surface area contributed by atoms with Crippen molar-refractivity contribution < 1.29 is 8.83 Å². The number of rotatable bonds is 7. The van der Waals surface area contributed by atoms with Crippen molar-refractivity contribution in [2.24, 2.45) is 0 Å². The number of nitrogens with zero attached hydrogens (tertiary/aromatic N) is 1. The lowest BCUT2D eigenvalue weighted by molar-refractivity contribution is 0.668. The predicted molar refractivity (Wildman–Crippen MR) is 237 cm³/mol. The van der Waals surface area contributed by atoms with Crippen LogP contribution in [0.25, 0.3) is 88.4 Å². The van der Waals surface area contributed by atoms with E-state index in [1.165, 1.54) is 11.1 Å². The summed E-state index contributed by atoms with van der Waals surface area (Å²) in [6, 6.07) is 75.3. The molecule has 268 valence electrons. The zero-order chi connectivity index (χ0) is 37.7. The van der Waals surface area contributed by atoms with Crippen molar-refractivity contribution in [3.05, 3.63) is 212 Å². The van der Waals surface area contributed by atoms with Gasteiger partial charge >= 0.3 is 0 Å². The Hall–Kier alpha value is -7.62. The molecule has 0 amide bonds. The highest BCUT2D eigenvalue weighted by atomic mass is 16.3. The highest BCUT2D eigenvalue weighted by molar-refractivity contribution is 6.14. The molecular weight excluding hydrogens is 695 g/mol. The van der Waals surface area contributed by atoms with Gasteiger partial charge in [-0.1, -0.05) is 158 Å². The second kappa shape index (κ2) is 13.6. The van der Waals surface area contributed by atoms with Crippen LogP contribution < -0.4 is 4.90 Å². The van der Waals surface area contributed by atoms with Crippen LogP contribution in [-0.2, 0) is 0 Å². The van der Waals surface area contributed by atoms with Gasteiger partial charge in [0.15, 0.2) is 0 Å². The third kappa shape index (κ3) is 5.60. The monoisotopic (exact) mass is 729 g/mol. The van der Waals surface area contributed by atoms with Crippen molar-refractivity contribution in [2.75, 3.05) is 4.90 Å². The topological polar surface area (TPSA) is 29.5 Å². The van der Waals surface area contributed by atoms with Crippen molar-refractivity contribution in [2.45, 2.75) is 0 Å². The van der Waals surface area contributed by atoms with E-state index in [-0.39, 0.29) is 0 Å². The van der Waals surface area contributed by atoms with E-state index in [2.05, 4.69) is 199 Å². The number of furan rings is 2. The lowest BCUT2D eigenvalue weighted by Crippen LogP contribution is -2.12. The summed E-state index contributed by atoms with van der Waals surface area (Å²) in [4.78, 5) is 2.42. The SMILES string of the molecule is c1ccc(-c2ccccc2-c2c(-c3ccccc3)cccc2N(c2ccc(-c3ccc4c(c3)oc3ccccc34)cc2)c2cccc3oc4ccccc4c23)cc1. The molecule has 2 heterocycles. The molecule has 11 aromatic rings. The maximum absolute atomic E-state index is 6.50. The molecule has 0 N–H and O–H groups in total. The summed E-state index contributed by atoms with van der Waals surface area (Å²) < 4.78 is 12.8. The molecule has 0 saturated carbocycles. The summed E-state index contributed by atoms with van der Waals surface area (Å²) in [5.74, 6) is 0. The van der Waals surface area contributed by atoms with E-state index in [0.29, 0.717) is 0 Å². The van der Waals surface area contributed by atoms with E-state index in [0.717, 1.165) is 94.3 Å². The van der Waals surface area contributed by atoms with Crippen LogP contribution in [0.4, 0.5) is 17.1 Å². The quantitative estimate of drug-likeness (QED) is 0.164. The maximum Gasteiger partial charge on any atom is 0.137 e. The molecule has 0 aliphatic carbocycles. The van der Waals surface area contributed by atoms with Gasteiger partial charge in [0.1, 0.15) is 22.3 Å². The largest absolute Gasteiger partial charge is 0.456 e. The molecule has 0 aliphatic rings. The molecule has 0 aliphatic heterocycles. The molecule has 0 radical (unpaired) electrons. The minimum absolute atomic E-state index is 0.847. The van der Waals surface area contributed by atoms with Crippen LogP contribution in [-0.4, -0.2) is 0 Å². The van der Waals surface area contributed by atoms with E-state index >= 15 is 0 Å². The van der Waals surface area contributed by atoms with Crippen LogP contribution in [0.1, 0.15) is 0 Å². The van der Waals surface area contributed by atoms with Crippen LogP contribution in [0.15, 0.2) is 221 Å². The highest BCUT2D eigenvalue weighted by Gasteiger charge is 2.25. The molecule has 11 rings (SSSR count). The number of para-hydroxylation sites is 2. The van der Waals surface area contributed by atoms with Gasteiger partial charge in [0.25, 0.3) is 0 Å². The van der Waals surface area contributed by atoms with Crippen molar-refractivity contribution >= 4 is 60.9 Å². The van der Waals surface area contributed by atoms with Gasteiger partial charge in [0, 0.05) is 27.4 Å². The fourth-order valence-electron chi connectivity index (χ4n) is 8.50. The van der Waals surface area contributed by atoms with Crippen molar-refractivity contribution in [1.82, 2.24) is 0 Å². The molecule has 3 nitrogen and oxygen atoms in total. The van der Waals surface area contributed by atoms with Gasteiger partial charge in [-0.25, -0.2) is 0 Å². The summed E-state index contributed by atoms with van der Waals surface area (Å²) >= 11 is 0. The summed E-state index contributed by atoms with van der Waals surface area (Å²) in [7, 11) is 0. The van der Waals surface area contributed by atoms with E-state index < -0.39 is 0 Å². The summed E-state index contributed by atoms with van der Waals surface area (Å²) in [6.45, 7) is 0. The second-order valence-electron chi connectivity index (χ2n) is 14.4. The zero-order valence-corrected chi connectivity index (χ0v) is 31.0. The normalized spacial score (nSPS) is 11.5. The predicted octanol–water partition coefficient (Wildman–Crippen LogP) is 15.6. The smallest absolute Gasteiger partial charge is 0.137 e. The Labute approximate surface area is 330 Å². The number of hydrogen-bond donors (Lipinski definition) is 0. The van der Waals surface area contributed by atoms with Crippen molar-refractivity contribution in [3.8, 4) is 44.5 Å². The van der Waals surface area contributed by atoms with Gasteiger partial charge in [-0.05, 0) is 93.5 Å². The number of fused-ring (bicyclic) bond motifs is 6. The van der Waals surface area contributed by atoms with Crippen molar-refractivity contribution in [1.29, 1.82) is 0 Å². The first kappa shape index (κ1) is 32.8. The van der Waals surface area contributed by atoms with E-state index in [1.807, 2.05) is 18.2 Å². The third-order valence-corrected chi connectivity index (χ3v) is 11.1. The molecular formula is C54H35NO2. The Balaban J connectivity index is 1.16. The molecule has 0 spiro atoms. The molecule has 0 atom stereocenters. The van der Waals surface area contributed by atoms with E-state index in [4.69, 9.17) is 8.83 Å². The molecule has 0 unspecified atom stereocenters. The average Bonchev–Trinajstić information content (AvgIpc) is 3.86. The van der Waals surface area contributed by atoms with E-state index in [1.54, 1.807) is 0 Å². The number of hydrogen-bond acceptors (Lipinski definition) is 3. The average molecular weight is 730 g/mol. The summed E-state index contributed by atoms with van der Waals surface area (Å²) in [6.07, 6.45) is 0. The number of benzene rings is 9. The van der Waals surface area contributed by atoms with Gasteiger partial charge < -0.3 is 13.7 Å². The first-order valence-electron chi connectivity index (χ1n) is 19.3. The highest BCUT2D eigenvalue weighted by Crippen LogP contribution is 2.50. The van der Waals surface area contributed by atoms with Gasteiger partial charge in [-0.15, -0.1) is 0 Å². The Morgan fingerprint density at radius 1 is 0.298 bits per heavy atom. The molecule has 0 saturated heterocycles. The summed E-state index contributed by atoms with van der Waals surface area (Å²) in [5.41, 5.74) is 15.8. The van der Waals surface area contributed by atoms with Crippen LogP contribution in [0.5, 0.6) is 0 Å². The Morgan fingerprint density at radius 3 is 1.60 bits per heavy atom. The van der Waals surface area contributed by atoms with Gasteiger partial charge in [0.05, 0.1) is 16.8 Å². The van der Waals surface area contributed by atoms with Crippen LogP contribution in [0.2, 0.25) is 0 Å². The molecule has 3 heteroatoms. The first-order valence-corrected chi connectivity index (χ1v) is 19.3. The van der Waals surface area contributed by atoms with Crippen LogP contribution in [0.3, 0.4) is 0 Å². The fourth-order valence-corrected chi connectivity index (χ4v) is 8.50. The summed E-state index contributed by atoms with van der Waals surface area (Å²) in [5, 5.41) is 4.40.